The number of anilines is 1. The van der Waals surface area contributed by atoms with Crippen molar-refractivity contribution in [1.82, 2.24) is 0 Å². The second kappa shape index (κ2) is 5.66. The van der Waals surface area contributed by atoms with Crippen LogP contribution in [0.25, 0.3) is 0 Å². The van der Waals surface area contributed by atoms with Crippen LogP contribution in [0.3, 0.4) is 0 Å². The topological polar surface area (TPSA) is 119 Å². The Labute approximate surface area is 113 Å². The summed E-state index contributed by atoms with van der Waals surface area (Å²) >= 11 is 0. The smallest absolute Gasteiger partial charge is 0.337 e. The second-order valence-electron chi connectivity index (χ2n) is 4.28. The zero-order valence-electron chi connectivity index (χ0n) is 10.4. The SMILES string of the molecule is O=C(O)c1ccc([N+](=O)[O-])cc1NC(=O)[C@H]1CCCO1. The van der Waals surface area contributed by atoms with Crippen molar-refractivity contribution in [2.24, 2.45) is 0 Å². The van der Waals surface area contributed by atoms with Crippen molar-refractivity contribution in [3.63, 3.8) is 0 Å². The van der Waals surface area contributed by atoms with Crippen LogP contribution < -0.4 is 5.32 Å². The minimum absolute atomic E-state index is 0.104. The quantitative estimate of drug-likeness (QED) is 0.635. The van der Waals surface area contributed by atoms with Gasteiger partial charge in [0.15, 0.2) is 0 Å². The molecule has 8 nitrogen and oxygen atoms in total. The first kappa shape index (κ1) is 13.9. The van der Waals surface area contributed by atoms with E-state index in [1.807, 2.05) is 0 Å². The van der Waals surface area contributed by atoms with Gasteiger partial charge in [0.25, 0.3) is 11.6 Å². The highest BCUT2D eigenvalue weighted by Crippen LogP contribution is 2.24. The maximum Gasteiger partial charge on any atom is 0.337 e. The number of carboxylic acids is 1. The minimum Gasteiger partial charge on any atom is -0.478 e. The first-order valence-corrected chi connectivity index (χ1v) is 5.93. The van der Waals surface area contributed by atoms with E-state index in [1.54, 1.807) is 0 Å². The summed E-state index contributed by atoms with van der Waals surface area (Å²) in [5, 5.41) is 22.1. The van der Waals surface area contributed by atoms with E-state index in [0.717, 1.165) is 24.6 Å². The molecule has 8 heteroatoms. The van der Waals surface area contributed by atoms with E-state index >= 15 is 0 Å². The number of aromatic carboxylic acids is 1. The lowest BCUT2D eigenvalue weighted by molar-refractivity contribution is -0.384. The Balaban J connectivity index is 2.27. The number of nitro benzene ring substituents is 1. The number of benzene rings is 1. The molecule has 0 spiro atoms. The van der Waals surface area contributed by atoms with Crippen LogP contribution in [0.4, 0.5) is 11.4 Å². The van der Waals surface area contributed by atoms with Crippen LogP contribution in [0, 0.1) is 10.1 Å². The van der Waals surface area contributed by atoms with Crippen LogP contribution in [0.5, 0.6) is 0 Å². The molecule has 1 aromatic carbocycles. The molecule has 1 saturated heterocycles. The maximum absolute atomic E-state index is 11.9. The fourth-order valence-electron chi connectivity index (χ4n) is 1.93. The van der Waals surface area contributed by atoms with Gasteiger partial charge in [0.05, 0.1) is 16.2 Å². The lowest BCUT2D eigenvalue weighted by atomic mass is 10.1. The molecule has 1 aromatic rings. The van der Waals surface area contributed by atoms with Crippen molar-refractivity contribution >= 4 is 23.3 Å². The Morgan fingerprint density at radius 3 is 2.75 bits per heavy atom. The molecule has 1 aliphatic heterocycles. The van der Waals surface area contributed by atoms with Crippen LogP contribution in [0.1, 0.15) is 23.2 Å². The molecule has 1 aliphatic rings. The molecule has 106 valence electrons. The predicted octanol–water partition coefficient (Wildman–Crippen LogP) is 1.41. The Morgan fingerprint density at radius 1 is 1.45 bits per heavy atom. The highest BCUT2D eigenvalue weighted by molar-refractivity contribution is 6.02. The number of ether oxygens (including phenoxy) is 1. The molecule has 20 heavy (non-hydrogen) atoms. The van der Waals surface area contributed by atoms with Crippen molar-refractivity contribution in [1.29, 1.82) is 0 Å². The number of hydrogen-bond acceptors (Lipinski definition) is 5. The van der Waals surface area contributed by atoms with Gasteiger partial charge in [0.2, 0.25) is 0 Å². The van der Waals surface area contributed by atoms with Crippen molar-refractivity contribution < 1.29 is 24.4 Å². The summed E-state index contributed by atoms with van der Waals surface area (Å²) in [5.41, 5.74) is -0.605. The predicted molar refractivity (Wildman–Crippen MR) is 67.7 cm³/mol. The Kier molecular flexibility index (Phi) is 3.94. The number of carboxylic acid groups (broad SMARTS) is 1. The largest absolute Gasteiger partial charge is 0.478 e. The summed E-state index contributed by atoms with van der Waals surface area (Å²) < 4.78 is 5.17. The number of hydrogen-bond donors (Lipinski definition) is 2. The molecule has 2 rings (SSSR count). The lowest BCUT2D eigenvalue weighted by Gasteiger charge is -2.12. The van der Waals surface area contributed by atoms with Gasteiger partial charge in [-0.25, -0.2) is 4.79 Å². The van der Waals surface area contributed by atoms with Crippen LogP contribution in [-0.2, 0) is 9.53 Å². The number of amides is 1. The van der Waals surface area contributed by atoms with E-state index in [0.29, 0.717) is 13.0 Å². The number of carbonyl (C=O) groups is 2. The fraction of sp³-hybridized carbons (Fsp3) is 0.333. The summed E-state index contributed by atoms with van der Waals surface area (Å²) in [4.78, 5) is 33.0. The molecule has 0 radical (unpaired) electrons. The standard InChI is InChI=1S/C12H12N2O6/c15-11(10-2-1-5-20-10)13-9-6-7(14(18)19)3-4-8(9)12(16)17/h3-4,6,10H,1-2,5H2,(H,13,15)(H,16,17)/t10-/m1/s1. The summed E-state index contributed by atoms with van der Waals surface area (Å²) in [6.07, 6.45) is 0.651. The summed E-state index contributed by atoms with van der Waals surface area (Å²) in [6, 6.07) is 3.19. The van der Waals surface area contributed by atoms with Crippen molar-refractivity contribution in [2.45, 2.75) is 18.9 Å². The molecule has 2 N–H and O–H groups in total. The van der Waals surface area contributed by atoms with Gasteiger partial charge in [0.1, 0.15) is 6.10 Å². The number of nitro groups is 1. The van der Waals surface area contributed by atoms with Gasteiger partial charge >= 0.3 is 5.97 Å². The zero-order valence-corrected chi connectivity index (χ0v) is 10.4. The summed E-state index contributed by atoms with van der Waals surface area (Å²) in [6.45, 7) is 0.471. The van der Waals surface area contributed by atoms with E-state index in [9.17, 15) is 19.7 Å². The molecule has 1 atom stereocenters. The van der Waals surface area contributed by atoms with Gasteiger partial charge < -0.3 is 15.2 Å². The van der Waals surface area contributed by atoms with Crippen LogP contribution >= 0.6 is 0 Å². The number of nitrogens with one attached hydrogen (secondary N) is 1. The van der Waals surface area contributed by atoms with E-state index in [-0.39, 0.29) is 16.9 Å². The third kappa shape index (κ3) is 2.91. The average molecular weight is 280 g/mol. The van der Waals surface area contributed by atoms with Crippen molar-refractivity contribution in [2.75, 3.05) is 11.9 Å². The fourth-order valence-corrected chi connectivity index (χ4v) is 1.93. The number of rotatable bonds is 4. The lowest BCUT2D eigenvalue weighted by Crippen LogP contribution is -2.27. The Bertz CT molecular complexity index is 565. The van der Waals surface area contributed by atoms with Crippen LogP contribution in [-0.4, -0.2) is 34.6 Å². The van der Waals surface area contributed by atoms with Gasteiger partial charge in [0, 0.05) is 18.7 Å². The van der Waals surface area contributed by atoms with E-state index < -0.39 is 22.9 Å². The average Bonchev–Trinajstić information content (AvgIpc) is 2.92. The normalized spacial score (nSPS) is 17.7. The Morgan fingerprint density at radius 2 is 2.20 bits per heavy atom. The third-order valence-corrected chi connectivity index (χ3v) is 2.92. The molecule has 0 unspecified atom stereocenters. The van der Waals surface area contributed by atoms with Crippen LogP contribution in [0.2, 0.25) is 0 Å². The first-order valence-electron chi connectivity index (χ1n) is 5.93. The highest BCUT2D eigenvalue weighted by atomic mass is 16.6. The molecule has 1 heterocycles. The molecule has 0 aliphatic carbocycles. The molecule has 0 aromatic heterocycles. The Hall–Kier alpha value is -2.48. The maximum atomic E-state index is 11.9. The monoisotopic (exact) mass is 280 g/mol. The molecule has 0 bridgehead atoms. The summed E-state index contributed by atoms with van der Waals surface area (Å²) in [5.74, 6) is -1.77. The van der Waals surface area contributed by atoms with E-state index in [2.05, 4.69) is 5.32 Å². The molecule has 0 saturated carbocycles. The third-order valence-electron chi connectivity index (χ3n) is 2.92. The van der Waals surface area contributed by atoms with Gasteiger partial charge in [-0.15, -0.1) is 0 Å². The number of non-ortho nitro benzene ring substituents is 1. The second-order valence-corrected chi connectivity index (χ2v) is 4.28. The van der Waals surface area contributed by atoms with E-state index in [1.165, 1.54) is 0 Å². The zero-order chi connectivity index (χ0) is 14.7. The van der Waals surface area contributed by atoms with Gasteiger partial charge in [-0.1, -0.05) is 0 Å². The van der Waals surface area contributed by atoms with Crippen LogP contribution in [0.15, 0.2) is 18.2 Å². The summed E-state index contributed by atoms with van der Waals surface area (Å²) in [7, 11) is 0. The molecular formula is C12H12N2O6. The van der Waals surface area contributed by atoms with E-state index in [4.69, 9.17) is 9.84 Å². The van der Waals surface area contributed by atoms with Crippen molar-refractivity contribution in [3.05, 3.63) is 33.9 Å². The van der Waals surface area contributed by atoms with Gasteiger partial charge in [-0.3, -0.25) is 14.9 Å². The molecule has 1 fully saturated rings. The number of nitrogens with zero attached hydrogens (tertiary/aromatic N) is 1. The highest BCUT2D eigenvalue weighted by Gasteiger charge is 2.25. The minimum atomic E-state index is -1.28. The van der Waals surface area contributed by atoms with Gasteiger partial charge in [-0.2, -0.15) is 0 Å². The van der Waals surface area contributed by atoms with Crippen molar-refractivity contribution in [3.8, 4) is 0 Å². The molecular weight excluding hydrogens is 268 g/mol. The number of carbonyl (C=O) groups excluding carboxylic acids is 1. The molecule has 1 amide bonds. The first-order chi connectivity index (χ1) is 9.49. The van der Waals surface area contributed by atoms with Gasteiger partial charge in [-0.05, 0) is 18.9 Å².